The van der Waals surface area contributed by atoms with E-state index in [0.717, 1.165) is 12.8 Å². The lowest BCUT2D eigenvalue weighted by Crippen LogP contribution is -2.44. The van der Waals surface area contributed by atoms with E-state index in [1.165, 1.54) is 19.3 Å². The van der Waals surface area contributed by atoms with Gasteiger partial charge in [0.25, 0.3) is 0 Å². The summed E-state index contributed by atoms with van der Waals surface area (Å²) in [4.78, 5) is 0. The maximum Gasteiger partial charge on any atom is 0.0695 e. The summed E-state index contributed by atoms with van der Waals surface area (Å²) < 4.78 is 0. The van der Waals surface area contributed by atoms with Gasteiger partial charge in [0.2, 0.25) is 0 Å². The average molecular weight is 156 g/mol. The van der Waals surface area contributed by atoms with Crippen LogP contribution in [0.4, 0.5) is 0 Å². The van der Waals surface area contributed by atoms with Gasteiger partial charge >= 0.3 is 0 Å². The van der Waals surface area contributed by atoms with E-state index in [9.17, 15) is 5.11 Å². The predicted molar refractivity (Wildman–Crippen MR) is 47.5 cm³/mol. The minimum Gasteiger partial charge on any atom is -0.389 e. The Morgan fingerprint density at radius 1 is 1.00 bits per heavy atom. The van der Waals surface area contributed by atoms with E-state index in [1.54, 1.807) is 0 Å². The number of rotatable bonds is 0. The zero-order valence-corrected chi connectivity index (χ0v) is 7.98. The van der Waals surface area contributed by atoms with Crippen LogP contribution in [0.3, 0.4) is 0 Å². The molecule has 0 amide bonds. The van der Waals surface area contributed by atoms with Gasteiger partial charge in [0.1, 0.15) is 0 Å². The molecule has 0 aliphatic heterocycles. The van der Waals surface area contributed by atoms with Crippen LogP contribution in [0.15, 0.2) is 0 Å². The summed E-state index contributed by atoms with van der Waals surface area (Å²) in [5.74, 6) is 0. The van der Waals surface area contributed by atoms with Crippen molar-refractivity contribution in [3.05, 3.63) is 0 Å². The molecule has 66 valence electrons. The molecule has 0 heterocycles. The maximum atomic E-state index is 10.2. The first kappa shape index (κ1) is 9.05. The van der Waals surface area contributed by atoms with Crippen LogP contribution in [0.5, 0.6) is 0 Å². The van der Waals surface area contributed by atoms with Gasteiger partial charge in [-0.3, -0.25) is 0 Å². The maximum absolute atomic E-state index is 10.2. The van der Waals surface area contributed by atoms with Gasteiger partial charge in [0.15, 0.2) is 0 Å². The van der Waals surface area contributed by atoms with Gasteiger partial charge in [-0.25, -0.2) is 0 Å². The lowest BCUT2D eigenvalue weighted by Gasteiger charge is -2.43. The first-order chi connectivity index (χ1) is 4.96. The smallest absolute Gasteiger partial charge is 0.0695 e. The summed E-state index contributed by atoms with van der Waals surface area (Å²) >= 11 is 0. The highest BCUT2D eigenvalue weighted by Crippen LogP contribution is 2.41. The van der Waals surface area contributed by atoms with Crippen molar-refractivity contribution in [3.63, 3.8) is 0 Å². The lowest BCUT2D eigenvalue weighted by molar-refractivity contribution is -0.0844. The molecule has 1 aliphatic carbocycles. The summed E-state index contributed by atoms with van der Waals surface area (Å²) in [5, 5.41) is 10.2. The Morgan fingerprint density at radius 3 is 1.73 bits per heavy atom. The zero-order valence-electron chi connectivity index (χ0n) is 7.98. The van der Waals surface area contributed by atoms with Gasteiger partial charge < -0.3 is 5.11 Å². The molecule has 0 aromatic heterocycles. The van der Waals surface area contributed by atoms with Crippen LogP contribution in [0.25, 0.3) is 0 Å². The third kappa shape index (κ3) is 1.76. The van der Waals surface area contributed by atoms with Crippen LogP contribution in [-0.2, 0) is 0 Å². The Balaban J connectivity index is 2.64. The minimum atomic E-state index is -0.384. The lowest BCUT2D eigenvalue weighted by atomic mass is 9.68. The zero-order chi connectivity index (χ0) is 8.54. The molecule has 1 heteroatoms. The average Bonchev–Trinajstić information content (AvgIpc) is 1.87. The SMILES string of the molecule is CC(C)(C)C1(O)CCCCC1. The standard InChI is InChI=1S/C10H20O/c1-9(2,3)10(11)7-5-4-6-8-10/h11H,4-8H2,1-3H3. The van der Waals surface area contributed by atoms with Gasteiger partial charge in [-0.2, -0.15) is 0 Å². The predicted octanol–water partition coefficient (Wildman–Crippen LogP) is 2.73. The van der Waals surface area contributed by atoms with E-state index >= 15 is 0 Å². The van der Waals surface area contributed by atoms with Gasteiger partial charge in [-0.15, -0.1) is 0 Å². The van der Waals surface area contributed by atoms with Crippen LogP contribution in [0.2, 0.25) is 0 Å². The van der Waals surface area contributed by atoms with E-state index < -0.39 is 0 Å². The van der Waals surface area contributed by atoms with Gasteiger partial charge in [0, 0.05) is 0 Å². The first-order valence-electron chi connectivity index (χ1n) is 4.68. The van der Waals surface area contributed by atoms with E-state index in [2.05, 4.69) is 20.8 Å². The molecule has 0 saturated heterocycles. The van der Waals surface area contributed by atoms with Crippen molar-refractivity contribution in [1.29, 1.82) is 0 Å². The molecule has 0 unspecified atom stereocenters. The van der Waals surface area contributed by atoms with Crippen molar-refractivity contribution in [2.24, 2.45) is 5.41 Å². The van der Waals surface area contributed by atoms with Gasteiger partial charge in [-0.05, 0) is 18.3 Å². The van der Waals surface area contributed by atoms with E-state index in [1.807, 2.05) is 0 Å². The second kappa shape index (κ2) is 2.78. The van der Waals surface area contributed by atoms with Crippen molar-refractivity contribution in [2.45, 2.75) is 58.5 Å². The molecule has 1 aliphatic rings. The van der Waals surface area contributed by atoms with Crippen molar-refractivity contribution in [3.8, 4) is 0 Å². The highest BCUT2D eigenvalue weighted by atomic mass is 16.3. The Hall–Kier alpha value is -0.0400. The van der Waals surface area contributed by atoms with E-state index in [4.69, 9.17) is 0 Å². The molecule has 1 fully saturated rings. The molecular weight excluding hydrogens is 136 g/mol. The van der Waals surface area contributed by atoms with Crippen molar-refractivity contribution >= 4 is 0 Å². The molecule has 0 bridgehead atoms. The Kier molecular flexibility index (Phi) is 2.29. The molecule has 11 heavy (non-hydrogen) atoms. The third-order valence-electron chi connectivity index (χ3n) is 3.08. The van der Waals surface area contributed by atoms with Gasteiger partial charge in [-0.1, -0.05) is 40.0 Å². The monoisotopic (exact) mass is 156 g/mol. The topological polar surface area (TPSA) is 20.2 Å². The molecular formula is C10H20O. The van der Waals surface area contributed by atoms with Crippen molar-refractivity contribution in [2.75, 3.05) is 0 Å². The molecule has 1 N–H and O–H groups in total. The van der Waals surface area contributed by atoms with Crippen molar-refractivity contribution in [1.82, 2.24) is 0 Å². The fourth-order valence-corrected chi connectivity index (χ4v) is 1.89. The molecule has 0 spiro atoms. The normalized spacial score (nSPS) is 25.1. The van der Waals surface area contributed by atoms with Crippen LogP contribution in [-0.4, -0.2) is 10.7 Å². The summed E-state index contributed by atoms with van der Waals surface area (Å²) in [6.45, 7) is 6.41. The van der Waals surface area contributed by atoms with E-state index in [0.29, 0.717) is 0 Å². The summed E-state index contributed by atoms with van der Waals surface area (Å²) in [6, 6.07) is 0. The fourth-order valence-electron chi connectivity index (χ4n) is 1.89. The molecule has 0 aromatic rings. The largest absolute Gasteiger partial charge is 0.389 e. The molecule has 1 nitrogen and oxygen atoms in total. The van der Waals surface area contributed by atoms with Crippen LogP contribution in [0.1, 0.15) is 52.9 Å². The number of hydrogen-bond donors (Lipinski definition) is 1. The van der Waals surface area contributed by atoms with Crippen LogP contribution >= 0.6 is 0 Å². The third-order valence-corrected chi connectivity index (χ3v) is 3.08. The molecule has 0 atom stereocenters. The fraction of sp³-hybridized carbons (Fsp3) is 1.00. The summed E-state index contributed by atoms with van der Waals surface area (Å²) in [7, 11) is 0. The van der Waals surface area contributed by atoms with Crippen molar-refractivity contribution < 1.29 is 5.11 Å². The van der Waals surface area contributed by atoms with Gasteiger partial charge in [0.05, 0.1) is 5.60 Å². The Labute approximate surface area is 69.8 Å². The molecule has 1 rings (SSSR count). The highest BCUT2D eigenvalue weighted by Gasteiger charge is 2.40. The Bertz CT molecular complexity index is 126. The molecule has 0 aromatic carbocycles. The quantitative estimate of drug-likeness (QED) is 0.571. The minimum absolute atomic E-state index is 0.0629. The number of aliphatic hydroxyl groups is 1. The van der Waals surface area contributed by atoms with E-state index in [-0.39, 0.29) is 11.0 Å². The molecule has 1 saturated carbocycles. The molecule has 0 radical (unpaired) electrons. The first-order valence-corrected chi connectivity index (χ1v) is 4.68. The van der Waals surface area contributed by atoms with Crippen LogP contribution in [0, 0.1) is 5.41 Å². The van der Waals surface area contributed by atoms with Crippen LogP contribution < -0.4 is 0 Å². The second-order valence-corrected chi connectivity index (χ2v) is 4.84. The number of hydrogen-bond acceptors (Lipinski definition) is 1. The summed E-state index contributed by atoms with van der Waals surface area (Å²) in [5.41, 5.74) is -0.321. The summed E-state index contributed by atoms with van der Waals surface area (Å²) in [6.07, 6.45) is 5.70. The second-order valence-electron chi connectivity index (χ2n) is 4.84. The Morgan fingerprint density at radius 2 is 1.45 bits per heavy atom. The highest BCUT2D eigenvalue weighted by molar-refractivity contribution is 4.92.